The van der Waals surface area contributed by atoms with Gasteiger partial charge in [0.2, 0.25) is 5.09 Å². The molecule has 0 fully saturated rings. The summed E-state index contributed by atoms with van der Waals surface area (Å²) in [5.41, 5.74) is 0. The minimum Gasteiger partial charge on any atom is -0.438 e. The molecule has 1 heterocycles. The SMILES string of the molecule is CC(C)[C@@H](CO)NC(=O)c1ccc(S(=O)(=O)N(C)C)o1. The number of hydrogen-bond donors (Lipinski definition) is 2. The zero-order valence-electron chi connectivity index (χ0n) is 12.0. The Morgan fingerprint density at radius 3 is 2.45 bits per heavy atom. The molecule has 0 unspecified atom stereocenters. The van der Waals surface area contributed by atoms with Gasteiger partial charge in [0.25, 0.3) is 15.9 Å². The van der Waals surface area contributed by atoms with Crippen LogP contribution in [-0.4, -0.2) is 50.5 Å². The van der Waals surface area contributed by atoms with E-state index in [1.807, 2.05) is 13.8 Å². The van der Waals surface area contributed by atoms with Gasteiger partial charge >= 0.3 is 0 Å². The molecule has 8 heteroatoms. The second kappa shape index (κ2) is 6.38. The van der Waals surface area contributed by atoms with Gasteiger partial charge in [-0.1, -0.05) is 13.8 Å². The van der Waals surface area contributed by atoms with Crippen LogP contribution in [-0.2, 0) is 10.0 Å². The largest absolute Gasteiger partial charge is 0.438 e. The lowest BCUT2D eigenvalue weighted by atomic mass is 10.1. The molecule has 2 N–H and O–H groups in total. The van der Waals surface area contributed by atoms with Crippen molar-refractivity contribution < 1.29 is 22.7 Å². The van der Waals surface area contributed by atoms with E-state index in [9.17, 15) is 13.2 Å². The molecule has 0 aliphatic rings. The Hall–Kier alpha value is -1.38. The number of sulfonamides is 1. The molecule has 1 rings (SSSR count). The van der Waals surface area contributed by atoms with Crippen molar-refractivity contribution in [2.24, 2.45) is 5.92 Å². The molecule has 7 nitrogen and oxygen atoms in total. The lowest BCUT2D eigenvalue weighted by molar-refractivity contribution is 0.0863. The minimum absolute atomic E-state index is 0.0453. The van der Waals surface area contributed by atoms with Gasteiger partial charge < -0.3 is 14.8 Å². The summed E-state index contributed by atoms with van der Waals surface area (Å²) in [7, 11) is -0.956. The first-order chi connectivity index (χ1) is 9.20. The zero-order valence-corrected chi connectivity index (χ0v) is 12.8. The number of hydrogen-bond acceptors (Lipinski definition) is 5. The maximum absolute atomic E-state index is 11.9. The molecule has 0 aliphatic carbocycles. The van der Waals surface area contributed by atoms with Crippen LogP contribution in [0.2, 0.25) is 0 Å². The molecule has 1 amide bonds. The fraction of sp³-hybridized carbons (Fsp3) is 0.583. The minimum atomic E-state index is -3.70. The lowest BCUT2D eigenvalue weighted by Crippen LogP contribution is -2.41. The molecular weight excluding hydrogens is 284 g/mol. The molecule has 0 bridgehead atoms. The van der Waals surface area contributed by atoms with Gasteiger partial charge in [0.1, 0.15) is 0 Å². The topological polar surface area (TPSA) is 99.8 Å². The molecule has 0 aliphatic heterocycles. The van der Waals surface area contributed by atoms with Crippen molar-refractivity contribution >= 4 is 15.9 Å². The van der Waals surface area contributed by atoms with Crippen molar-refractivity contribution in [3.05, 3.63) is 17.9 Å². The molecule has 114 valence electrons. The average Bonchev–Trinajstić information content (AvgIpc) is 2.85. The highest BCUT2D eigenvalue weighted by Crippen LogP contribution is 2.17. The van der Waals surface area contributed by atoms with Gasteiger partial charge in [0.15, 0.2) is 5.76 Å². The van der Waals surface area contributed by atoms with E-state index in [4.69, 9.17) is 9.52 Å². The first-order valence-corrected chi connectivity index (χ1v) is 7.58. The highest BCUT2D eigenvalue weighted by Gasteiger charge is 2.24. The Labute approximate surface area is 118 Å². The highest BCUT2D eigenvalue weighted by atomic mass is 32.2. The Kier molecular flexibility index (Phi) is 5.32. The first kappa shape index (κ1) is 16.7. The predicted molar refractivity (Wildman–Crippen MR) is 72.8 cm³/mol. The number of aliphatic hydroxyl groups is 1. The van der Waals surface area contributed by atoms with Gasteiger partial charge in [0, 0.05) is 14.1 Å². The fourth-order valence-corrected chi connectivity index (χ4v) is 2.22. The number of carbonyl (C=O) groups excluding carboxylic acids is 1. The highest BCUT2D eigenvalue weighted by molar-refractivity contribution is 7.88. The monoisotopic (exact) mass is 304 g/mol. The van der Waals surface area contributed by atoms with Crippen molar-refractivity contribution in [1.29, 1.82) is 0 Å². The number of furan rings is 1. The van der Waals surface area contributed by atoms with Crippen LogP contribution >= 0.6 is 0 Å². The molecule has 20 heavy (non-hydrogen) atoms. The Morgan fingerprint density at radius 1 is 1.40 bits per heavy atom. The third kappa shape index (κ3) is 3.59. The Balaban J connectivity index is 2.90. The van der Waals surface area contributed by atoms with Gasteiger partial charge in [-0.05, 0) is 18.1 Å². The molecule has 0 saturated heterocycles. The summed E-state index contributed by atoms with van der Waals surface area (Å²) in [5.74, 6) is -0.619. The van der Waals surface area contributed by atoms with Crippen molar-refractivity contribution in [1.82, 2.24) is 9.62 Å². The van der Waals surface area contributed by atoms with E-state index < -0.39 is 22.0 Å². The third-order valence-electron chi connectivity index (χ3n) is 2.86. The predicted octanol–water partition coefficient (Wildman–Crippen LogP) is 0.277. The molecule has 0 aromatic carbocycles. The summed E-state index contributed by atoms with van der Waals surface area (Å²) in [6, 6.07) is 2.11. The third-order valence-corrected chi connectivity index (χ3v) is 4.55. The first-order valence-electron chi connectivity index (χ1n) is 6.14. The van der Waals surface area contributed by atoms with Crippen LogP contribution in [0.5, 0.6) is 0 Å². The Morgan fingerprint density at radius 2 is 2.00 bits per heavy atom. The van der Waals surface area contributed by atoms with Gasteiger partial charge in [-0.25, -0.2) is 12.7 Å². The van der Waals surface area contributed by atoms with Crippen molar-refractivity contribution in [2.45, 2.75) is 25.0 Å². The summed E-state index contributed by atoms with van der Waals surface area (Å²) >= 11 is 0. The second-order valence-electron chi connectivity index (χ2n) is 4.91. The van der Waals surface area contributed by atoms with E-state index in [-0.39, 0.29) is 23.4 Å². The molecule has 1 aromatic heterocycles. The molecule has 1 atom stereocenters. The molecule has 1 aromatic rings. The van der Waals surface area contributed by atoms with Crippen LogP contribution in [0.15, 0.2) is 21.6 Å². The van der Waals surface area contributed by atoms with Crippen molar-refractivity contribution in [2.75, 3.05) is 20.7 Å². The summed E-state index contributed by atoms with van der Waals surface area (Å²) in [4.78, 5) is 11.9. The van der Waals surface area contributed by atoms with E-state index in [1.165, 1.54) is 26.2 Å². The van der Waals surface area contributed by atoms with E-state index in [2.05, 4.69) is 5.32 Å². The van der Waals surface area contributed by atoms with Crippen LogP contribution < -0.4 is 5.32 Å². The van der Waals surface area contributed by atoms with Gasteiger partial charge in [-0.15, -0.1) is 0 Å². The van der Waals surface area contributed by atoms with Crippen LogP contribution in [0.3, 0.4) is 0 Å². The van der Waals surface area contributed by atoms with Crippen LogP contribution in [0.1, 0.15) is 24.4 Å². The van der Waals surface area contributed by atoms with E-state index >= 15 is 0 Å². The number of amides is 1. The summed E-state index contributed by atoms with van der Waals surface area (Å²) in [6.45, 7) is 3.50. The van der Waals surface area contributed by atoms with E-state index in [0.29, 0.717) is 0 Å². The standard InChI is InChI=1S/C12H20N2O5S/c1-8(2)9(7-15)13-12(16)10-5-6-11(19-10)20(17,18)14(3)4/h5-6,8-9,15H,7H2,1-4H3,(H,13,16)/t9-/m1/s1. The van der Waals surface area contributed by atoms with E-state index in [1.54, 1.807) is 0 Å². The van der Waals surface area contributed by atoms with Gasteiger partial charge in [-0.3, -0.25) is 4.79 Å². The summed E-state index contributed by atoms with van der Waals surface area (Å²) in [6.07, 6.45) is 0. The van der Waals surface area contributed by atoms with Crippen molar-refractivity contribution in [3.63, 3.8) is 0 Å². The summed E-state index contributed by atoms with van der Waals surface area (Å²) < 4.78 is 29.7. The maximum atomic E-state index is 11.9. The molecular formula is C12H20N2O5S. The molecule has 0 spiro atoms. The maximum Gasteiger partial charge on any atom is 0.287 e. The average molecular weight is 304 g/mol. The molecule has 0 radical (unpaired) electrons. The van der Waals surface area contributed by atoms with Gasteiger partial charge in [-0.2, -0.15) is 0 Å². The Bertz CT molecular complexity index is 562. The number of carbonyl (C=O) groups is 1. The number of nitrogens with one attached hydrogen (secondary N) is 1. The van der Waals surface area contributed by atoms with Crippen LogP contribution in [0.25, 0.3) is 0 Å². The van der Waals surface area contributed by atoms with Crippen LogP contribution in [0, 0.1) is 5.92 Å². The second-order valence-corrected chi connectivity index (χ2v) is 7.00. The zero-order chi connectivity index (χ0) is 15.5. The number of nitrogens with zero attached hydrogens (tertiary/aromatic N) is 1. The van der Waals surface area contributed by atoms with Crippen molar-refractivity contribution in [3.8, 4) is 0 Å². The fourth-order valence-electron chi connectivity index (χ4n) is 1.42. The molecule has 0 saturated carbocycles. The number of aliphatic hydroxyl groups excluding tert-OH is 1. The van der Waals surface area contributed by atoms with Gasteiger partial charge in [0.05, 0.1) is 12.6 Å². The lowest BCUT2D eigenvalue weighted by Gasteiger charge is -2.18. The smallest absolute Gasteiger partial charge is 0.287 e. The van der Waals surface area contributed by atoms with E-state index in [0.717, 1.165) is 4.31 Å². The quantitative estimate of drug-likeness (QED) is 0.786. The number of rotatable bonds is 6. The summed E-state index contributed by atoms with van der Waals surface area (Å²) in [5, 5.41) is 11.4. The van der Waals surface area contributed by atoms with Crippen LogP contribution in [0.4, 0.5) is 0 Å². The normalized spacial score (nSPS) is 13.8.